The van der Waals surface area contributed by atoms with E-state index in [0.29, 0.717) is 17.9 Å². The third-order valence-electron chi connectivity index (χ3n) is 6.27. The molecule has 0 N–H and O–H groups in total. The van der Waals surface area contributed by atoms with E-state index in [1.165, 1.54) is 5.56 Å². The van der Waals surface area contributed by atoms with Gasteiger partial charge in [0.1, 0.15) is 5.65 Å². The lowest BCUT2D eigenvalue weighted by molar-refractivity contribution is 0.0757. The number of pyridine rings is 1. The van der Waals surface area contributed by atoms with E-state index in [4.69, 9.17) is 5.26 Å². The Kier molecular flexibility index (Phi) is 7.12. The van der Waals surface area contributed by atoms with Crippen LogP contribution in [0.2, 0.25) is 0 Å². The van der Waals surface area contributed by atoms with E-state index in [0.717, 1.165) is 54.4 Å². The van der Waals surface area contributed by atoms with Gasteiger partial charge in [-0.25, -0.2) is 4.98 Å². The standard InChI is InChI=1S/C28H27N5OS/c29-18-22-9-11-23(12-10-22)19-31-13-5-15-32(17-16-31)28(34)25-6-1-2-7-26(25)35-21-24-20-33-14-4-3-8-27(33)30-24/h1-4,6-12,14,20H,5,13,15-17,19,21H2. The summed E-state index contributed by atoms with van der Waals surface area (Å²) in [5.74, 6) is 0.813. The maximum absolute atomic E-state index is 13.5. The fraction of sp³-hybridized carbons (Fsp3) is 0.250. The van der Waals surface area contributed by atoms with Crippen molar-refractivity contribution in [3.8, 4) is 6.07 Å². The molecule has 4 aromatic rings. The first-order chi connectivity index (χ1) is 17.2. The largest absolute Gasteiger partial charge is 0.337 e. The second-order valence-corrected chi connectivity index (χ2v) is 9.73. The number of hydrogen-bond donors (Lipinski definition) is 0. The summed E-state index contributed by atoms with van der Waals surface area (Å²) in [4.78, 5) is 23.6. The molecule has 7 heteroatoms. The summed E-state index contributed by atoms with van der Waals surface area (Å²) >= 11 is 1.66. The zero-order chi connectivity index (χ0) is 24.0. The molecule has 1 aliphatic rings. The van der Waals surface area contributed by atoms with Crippen LogP contribution >= 0.6 is 11.8 Å². The van der Waals surface area contributed by atoms with Crippen molar-refractivity contribution in [3.63, 3.8) is 0 Å². The highest BCUT2D eigenvalue weighted by Crippen LogP contribution is 2.27. The molecule has 1 fully saturated rings. The van der Waals surface area contributed by atoms with Crippen molar-refractivity contribution < 1.29 is 4.79 Å². The van der Waals surface area contributed by atoms with E-state index in [9.17, 15) is 4.79 Å². The van der Waals surface area contributed by atoms with Crippen LogP contribution in [0.5, 0.6) is 0 Å². The van der Waals surface area contributed by atoms with Crippen LogP contribution in [0.25, 0.3) is 5.65 Å². The highest BCUT2D eigenvalue weighted by molar-refractivity contribution is 7.98. The molecule has 1 saturated heterocycles. The molecule has 3 heterocycles. The number of rotatable bonds is 6. The van der Waals surface area contributed by atoms with Crippen LogP contribution in [0.4, 0.5) is 0 Å². The molecule has 5 rings (SSSR count). The van der Waals surface area contributed by atoms with E-state index in [1.54, 1.807) is 11.8 Å². The number of carbonyl (C=O) groups excluding carboxylic acids is 1. The van der Waals surface area contributed by atoms with Gasteiger partial charge in [-0.05, 0) is 48.4 Å². The molecule has 2 aromatic heterocycles. The monoisotopic (exact) mass is 481 g/mol. The molecule has 0 spiro atoms. The van der Waals surface area contributed by atoms with Crippen LogP contribution in [-0.4, -0.2) is 51.3 Å². The molecule has 1 aliphatic heterocycles. The number of amides is 1. The SMILES string of the molecule is N#Cc1ccc(CN2CCCN(C(=O)c3ccccc3SCc3cn4ccccc4n3)CC2)cc1. The Bertz CT molecular complexity index is 1320. The van der Waals surface area contributed by atoms with E-state index in [1.807, 2.05) is 88.4 Å². The van der Waals surface area contributed by atoms with Crippen LogP contribution < -0.4 is 0 Å². The van der Waals surface area contributed by atoms with Crippen molar-refractivity contribution >= 4 is 23.3 Å². The molecular formula is C28H27N5OS. The maximum atomic E-state index is 13.5. The maximum Gasteiger partial charge on any atom is 0.255 e. The minimum absolute atomic E-state index is 0.100. The van der Waals surface area contributed by atoms with Crippen molar-refractivity contribution in [1.82, 2.24) is 19.2 Å². The summed E-state index contributed by atoms with van der Waals surface area (Å²) in [6.07, 6.45) is 4.99. The van der Waals surface area contributed by atoms with Gasteiger partial charge in [0.25, 0.3) is 5.91 Å². The van der Waals surface area contributed by atoms with Gasteiger partial charge in [-0.3, -0.25) is 9.69 Å². The van der Waals surface area contributed by atoms with Gasteiger partial charge in [-0.15, -0.1) is 11.8 Å². The summed E-state index contributed by atoms with van der Waals surface area (Å²) in [7, 11) is 0. The normalized spacial score (nSPS) is 14.5. The van der Waals surface area contributed by atoms with Gasteiger partial charge in [0, 0.05) is 55.8 Å². The van der Waals surface area contributed by atoms with Crippen molar-refractivity contribution in [1.29, 1.82) is 5.26 Å². The van der Waals surface area contributed by atoms with Gasteiger partial charge in [-0.1, -0.05) is 30.3 Å². The first kappa shape index (κ1) is 23.2. The molecule has 35 heavy (non-hydrogen) atoms. The van der Waals surface area contributed by atoms with Gasteiger partial charge >= 0.3 is 0 Å². The topological polar surface area (TPSA) is 64.6 Å². The van der Waals surface area contributed by atoms with E-state index < -0.39 is 0 Å². The smallest absolute Gasteiger partial charge is 0.255 e. The third kappa shape index (κ3) is 5.56. The van der Waals surface area contributed by atoms with E-state index >= 15 is 0 Å². The van der Waals surface area contributed by atoms with Gasteiger partial charge in [0.15, 0.2) is 0 Å². The molecule has 2 aromatic carbocycles. The van der Waals surface area contributed by atoms with E-state index in [-0.39, 0.29) is 5.91 Å². The fourth-order valence-corrected chi connectivity index (χ4v) is 5.35. The highest BCUT2D eigenvalue weighted by Gasteiger charge is 2.22. The van der Waals surface area contributed by atoms with Crippen molar-refractivity contribution in [2.75, 3.05) is 26.2 Å². The highest BCUT2D eigenvalue weighted by atomic mass is 32.2. The second-order valence-electron chi connectivity index (χ2n) is 8.71. The zero-order valence-corrected chi connectivity index (χ0v) is 20.3. The molecule has 0 bridgehead atoms. The number of benzene rings is 2. The average molecular weight is 482 g/mol. The number of aromatic nitrogens is 2. The first-order valence-electron chi connectivity index (χ1n) is 11.8. The fourth-order valence-electron chi connectivity index (χ4n) is 4.42. The predicted octanol–water partition coefficient (Wildman–Crippen LogP) is 4.85. The number of nitriles is 1. The molecule has 0 saturated carbocycles. The quantitative estimate of drug-likeness (QED) is 0.369. The van der Waals surface area contributed by atoms with Gasteiger partial charge in [0.05, 0.1) is 22.9 Å². The number of carbonyl (C=O) groups is 1. The molecule has 0 radical (unpaired) electrons. The Balaban J connectivity index is 1.22. The van der Waals surface area contributed by atoms with Gasteiger partial charge < -0.3 is 9.30 Å². The van der Waals surface area contributed by atoms with Crippen LogP contribution in [0, 0.1) is 11.3 Å². The van der Waals surface area contributed by atoms with Gasteiger partial charge in [-0.2, -0.15) is 5.26 Å². The average Bonchev–Trinajstić information content (AvgIpc) is 3.18. The summed E-state index contributed by atoms with van der Waals surface area (Å²) < 4.78 is 2.02. The number of hydrogen-bond acceptors (Lipinski definition) is 5. The number of nitrogens with zero attached hydrogens (tertiary/aromatic N) is 5. The van der Waals surface area contributed by atoms with E-state index in [2.05, 4.69) is 16.0 Å². The summed E-state index contributed by atoms with van der Waals surface area (Å²) in [5, 5.41) is 9.00. The molecule has 176 valence electrons. The second kappa shape index (κ2) is 10.8. The molecule has 0 unspecified atom stereocenters. The minimum atomic E-state index is 0.100. The Morgan fingerprint density at radius 1 is 0.971 bits per heavy atom. The third-order valence-corrected chi connectivity index (χ3v) is 7.38. The number of imidazole rings is 1. The lowest BCUT2D eigenvalue weighted by Crippen LogP contribution is -2.35. The molecule has 6 nitrogen and oxygen atoms in total. The molecular weight excluding hydrogens is 454 g/mol. The molecule has 1 amide bonds. The lowest BCUT2D eigenvalue weighted by Gasteiger charge is -2.23. The summed E-state index contributed by atoms with van der Waals surface area (Å²) in [5.41, 5.74) is 4.57. The number of fused-ring (bicyclic) bond motifs is 1. The van der Waals surface area contributed by atoms with Crippen molar-refractivity contribution in [2.45, 2.75) is 23.6 Å². The Hall–Kier alpha value is -3.60. The Labute approximate surface area is 209 Å². The van der Waals surface area contributed by atoms with Crippen LogP contribution in [0.3, 0.4) is 0 Å². The van der Waals surface area contributed by atoms with Crippen LogP contribution in [0.1, 0.15) is 33.6 Å². The zero-order valence-electron chi connectivity index (χ0n) is 19.5. The van der Waals surface area contributed by atoms with Gasteiger partial charge in [0.2, 0.25) is 0 Å². The molecule has 0 aliphatic carbocycles. The summed E-state index contributed by atoms with van der Waals surface area (Å²) in [6, 6.07) is 23.8. The number of thioether (sulfide) groups is 1. The predicted molar refractivity (Wildman–Crippen MR) is 138 cm³/mol. The first-order valence-corrected chi connectivity index (χ1v) is 12.8. The minimum Gasteiger partial charge on any atom is -0.337 e. The van der Waals surface area contributed by atoms with Crippen molar-refractivity contribution in [3.05, 3.63) is 102 Å². The van der Waals surface area contributed by atoms with Crippen molar-refractivity contribution in [2.24, 2.45) is 0 Å². The van der Waals surface area contributed by atoms with Crippen LogP contribution in [-0.2, 0) is 12.3 Å². The lowest BCUT2D eigenvalue weighted by atomic mass is 10.1. The molecule has 0 atom stereocenters. The Morgan fingerprint density at radius 3 is 2.63 bits per heavy atom. The Morgan fingerprint density at radius 2 is 1.80 bits per heavy atom. The van der Waals surface area contributed by atoms with Crippen LogP contribution in [0.15, 0.2) is 84.0 Å². The summed E-state index contributed by atoms with van der Waals surface area (Å²) in [6.45, 7) is 4.09.